The van der Waals surface area contributed by atoms with Crippen molar-refractivity contribution in [3.05, 3.63) is 75.4 Å². The third-order valence-electron chi connectivity index (χ3n) is 5.50. The van der Waals surface area contributed by atoms with E-state index >= 15 is 0 Å². The topological polar surface area (TPSA) is 80.2 Å². The minimum Gasteiger partial charge on any atom is -0.495 e. The Balaban J connectivity index is 1.42. The third-order valence-corrected chi connectivity index (χ3v) is 5.79. The molecule has 0 atom stereocenters. The first-order valence-electron chi connectivity index (χ1n) is 9.89. The molecule has 30 heavy (non-hydrogen) atoms. The summed E-state index contributed by atoms with van der Waals surface area (Å²) in [6.45, 7) is 1.26. The van der Waals surface area contributed by atoms with Gasteiger partial charge in [0.05, 0.1) is 24.2 Å². The van der Waals surface area contributed by atoms with Crippen molar-refractivity contribution in [3.63, 3.8) is 0 Å². The molecule has 0 saturated carbocycles. The third kappa shape index (κ3) is 4.11. The van der Waals surface area contributed by atoms with Crippen LogP contribution in [0.2, 0.25) is 5.02 Å². The van der Waals surface area contributed by atoms with Gasteiger partial charge in [-0.2, -0.15) is 5.10 Å². The first-order chi connectivity index (χ1) is 14.6. The summed E-state index contributed by atoms with van der Waals surface area (Å²) in [5.74, 6) is 1.50. The van der Waals surface area contributed by atoms with Crippen LogP contribution in [0, 0.1) is 0 Å². The maximum atomic E-state index is 12.7. The van der Waals surface area contributed by atoms with Gasteiger partial charge in [0, 0.05) is 19.0 Å². The number of rotatable bonds is 5. The number of para-hydroxylation sites is 1. The smallest absolute Gasteiger partial charge is 0.347 e. The molecule has 0 bridgehead atoms. The Morgan fingerprint density at radius 1 is 1.20 bits per heavy atom. The number of halogens is 1. The second-order valence-electron chi connectivity index (χ2n) is 7.36. The van der Waals surface area contributed by atoms with Gasteiger partial charge in [-0.1, -0.05) is 35.9 Å². The molecule has 0 spiro atoms. The fourth-order valence-electron chi connectivity index (χ4n) is 3.90. The Bertz CT molecular complexity index is 1090. The van der Waals surface area contributed by atoms with Gasteiger partial charge < -0.3 is 9.64 Å². The van der Waals surface area contributed by atoms with Crippen LogP contribution in [0.3, 0.4) is 0 Å². The van der Waals surface area contributed by atoms with Crippen molar-refractivity contribution in [1.82, 2.24) is 19.7 Å². The second-order valence-corrected chi connectivity index (χ2v) is 7.77. The largest absolute Gasteiger partial charge is 0.495 e. The number of carbonyl (C=O) groups excluding carboxylic acids is 1. The Labute approximate surface area is 179 Å². The molecule has 1 aromatic heterocycles. The number of aromatic nitrogens is 3. The van der Waals surface area contributed by atoms with Gasteiger partial charge in [-0.25, -0.2) is 14.5 Å². The first-order valence-corrected chi connectivity index (χ1v) is 10.3. The van der Waals surface area contributed by atoms with Crippen LogP contribution in [0.1, 0.15) is 30.1 Å². The number of ether oxygens (including phenoxy) is 1. The van der Waals surface area contributed by atoms with Crippen LogP contribution in [-0.2, 0) is 11.2 Å². The Hall–Kier alpha value is -3.06. The van der Waals surface area contributed by atoms with Crippen molar-refractivity contribution in [1.29, 1.82) is 0 Å². The number of likely N-dealkylation sites (tertiary alicyclic amines) is 1. The van der Waals surface area contributed by atoms with Gasteiger partial charge in [0.15, 0.2) is 0 Å². The Kier molecular flexibility index (Phi) is 5.90. The number of piperidine rings is 1. The van der Waals surface area contributed by atoms with Gasteiger partial charge in [0.1, 0.15) is 11.6 Å². The predicted octanol–water partition coefficient (Wildman–Crippen LogP) is 3.17. The van der Waals surface area contributed by atoms with Crippen LogP contribution in [-0.4, -0.2) is 45.8 Å². The lowest BCUT2D eigenvalue weighted by atomic mass is 9.95. The van der Waals surface area contributed by atoms with E-state index in [0.717, 1.165) is 29.9 Å². The highest BCUT2D eigenvalue weighted by Gasteiger charge is 2.28. The average Bonchev–Trinajstić information content (AvgIpc) is 3.16. The normalized spacial score (nSPS) is 14.7. The van der Waals surface area contributed by atoms with E-state index < -0.39 is 0 Å². The number of nitrogens with one attached hydrogen (secondary N) is 1. The van der Waals surface area contributed by atoms with E-state index in [2.05, 4.69) is 10.2 Å². The van der Waals surface area contributed by atoms with Crippen LogP contribution < -0.4 is 10.4 Å². The standard InChI is InChI=1S/C22H23ClN4O3/c1-30-19-8-7-15(13-18(19)23)14-20(28)26-11-9-16(10-12-26)21-24-25-22(29)27(21)17-5-3-2-4-6-17/h2-8,13,16H,9-12,14H2,1H3,(H,25,29). The molecule has 7 nitrogen and oxygen atoms in total. The molecule has 1 aliphatic rings. The zero-order chi connectivity index (χ0) is 21.1. The monoisotopic (exact) mass is 426 g/mol. The number of H-pyrrole nitrogens is 1. The molecular formula is C22H23ClN4O3. The lowest BCUT2D eigenvalue weighted by Gasteiger charge is -2.31. The van der Waals surface area contributed by atoms with E-state index in [4.69, 9.17) is 16.3 Å². The van der Waals surface area contributed by atoms with Crippen LogP contribution in [0.25, 0.3) is 5.69 Å². The molecule has 4 rings (SSSR count). The van der Waals surface area contributed by atoms with Gasteiger partial charge in [-0.05, 0) is 42.7 Å². The molecule has 156 valence electrons. The predicted molar refractivity (Wildman–Crippen MR) is 114 cm³/mol. The van der Waals surface area contributed by atoms with Crippen molar-refractivity contribution in [2.75, 3.05) is 20.2 Å². The van der Waals surface area contributed by atoms with Gasteiger partial charge in [0.2, 0.25) is 5.91 Å². The number of amides is 1. The summed E-state index contributed by atoms with van der Waals surface area (Å²) in [7, 11) is 1.56. The summed E-state index contributed by atoms with van der Waals surface area (Å²) in [6, 6.07) is 14.9. The number of hydrogen-bond acceptors (Lipinski definition) is 4. The number of hydrogen-bond donors (Lipinski definition) is 1. The van der Waals surface area contributed by atoms with Gasteiger partial charge >= 0.3 is 5.69 Å². The van der Waals surface area contributed by atoms with Crippen LogP contribution >= 0.6 is 11.6 Å². The van der Waals surface area contributed by atoms with Gasteiger partial charge in [-0.15, -0.1) is 0 Å². The lowest BCUT2D eigenvalue weighted by Crippen LogP contribution is -2.39. The minimum atomic E-state index is -0.244. The fraction of sp³-hybridized carbons (Fsp3) is 0.318. The highest BCUT2D eigenvalue weighted by atomic mass is 35.5. The molecule has 0 radical (unpaired) electrons. The molecule has 1 saturated heterocycles. The molecule has 3 aromatic rings. The van der Waals surface area contributed by atoms with Crippen LogP contribution in [0.4, 0.5) is 0 Å². The summed E-state index contributed by atoms with van der Waals surface area (Å²) in [4.78, 5) is 26.9. The van der Waals surface area contributed by atoms with Gasteiger partial charge in [-0.3, -0.25) is 4.79 Å². The Morgan fingerprint density at radius 2 is 1.93 bits per heavy atom. The van der Waals surface area contributed by atoms with Crippen molar-refractivity contribution in [2.45, 2.75) is 25.2 Å². The maximum absolute atomic E-state index is 12.7. The highest BCUT2D eigenvalue weighted by molar-refractivity contribution is 6.32. The number of methoxy groups -OCH3 is 1. The molecule has 8 heteroatoms. The van der Waals surface area contributed by atoms with Crippen molar-refractivity contribution < 1.29 is 9.53 Å². The van der Waals surface area contributed by atoms with Crippen molar-refractivity contribution >= 4 is 17.5 Å². The van der Waals surface area contributed by atoms with Crippen molar-refractivity contribution in [2.24, 2.45) is 0 Å². The van der Waals surface area contributed by atoms with E-state index in [1.165, 1.54) is 0 Å². The molecule has 1 fully saturated rings. The molecule has 1 amide bonds. The molecule has 1 N–H and O–H groups in total. The summed E-state index contributed by atoms with van der Waals surface area (Å²) in [6.07, 6.45) is 1.81. The summed E-state index contributed by atoms with van der Waals surface area (Å²) >= 11 is 6.17. The maximum Gasteiger partial charge on any atom is 0.347 e. The van der Waals surface area contributed by atoms with Crippen molar-refractivity contribution in [3.8, 4) is 11.4 Å². The average molecular weight is 427 g/mol. The van der Waals surface area contributed by atoms with Gasteiger partial charge in [0.25, 0.3) is 0 Å². The molecule has 0 aliphatic carbocycles. The molecule has 1 aliphatic heterocycles. The molecule has 2 aromatic carbocycles. The fourth-order valence-corrected chi connectivity index (χ4v) is 4.18. The second kappa shape index (κ2) is 8.75. The molecular weight excluding hydrogens is 404 g/mol. The summed E-state index contributed by atoms with van der Waals surface area (Å²) in [5.41, 5.74) is 1.41. The summed E-state index contributed by atoms with van der Waals surface area (Å²) < 4.78 is 6.78. The van der Waals surface area contributed by atoms with E-state index in [1.54, 1.807) is 23.8 Å². The van der Waals surface area contributed by atoms with E-state index in [1.807, 2.05) is 41.3 Å². The number of carbonyl (C=O) groups is 1. The lowest BCUT2D eigenvalue weighted by molar-refractivity contribution is -0.131. The van der Waals surface area contributed by atoms with Crippen LogP contribution in [0.15, 0.2) is 53.3 Å². The quantitative estimate of drug-likeness (QED) is 0.679. The van der Waals surface area contributed by atoms with E-state index in [-0.39, 0.29) is 17.5 Å². The van der Waals surface area contributed by atoms with E-state index in [0.29, 0.717) is 30.3 Å². The number of benzene rings is 2. The zero-order valence-corrected chi connectivity index (χ0v) is 17.4. The SMILES string of the molecule is COc1ccc(CC(=O)N2CCC(c3n[nH]c(=O)n3-c3ccccc3)CC2)cc1Cl. The Morgan fingerprint density at radius 3 is 2.60 bits per heavy atom. The number of nitrogens with zero attached hydrogens (tertiary/aromatic N) is 3. The minimum absolute atomic E-state index is 0.0668. The zero-order valence-electron chi connectivity index (χ0n) is 16.7. The number of aromatic amines is 1. The van der Waals surface area contributed by atoms with Crippen LogP contribution in [0.5, 0.6) is 5.75 Å². The molecule has 0 unspecified atom stereocenters. The molecule has 2 heterocycles. The van der Waals surface area contributed by atoms with E-state index in [9.17, 15) is 9.59 Å². The highest BCUT2D eigenvalue weighted by Crippen LogP contribution is 2.28. The summed E-state index contributed by atoms with van der Waals surface area (Å²) in [5, 5.41) is 7.34. The first kappa shape index (κ1) is 20.2.